The Balaban J connectivity index is 1.76. The number of nitrogens with zero attached hydrogens (tertiary/aromatic N) is 4. The molecule has 1 aliphatic rings. The van der Waals surface area contributed by atoms with Gasteiger partial charge in [-0.15, -0.1) is 5.10 Å². The van der Waals surface area contributed by atoms with E-state index in [2.05, 4.69) is 15.6 Å². The number of carboxylic acid groups (broad SMARTS) is 1. The molecule has 9 nitrogen and oxygen atoms in total. The fourth-order valence-electron chi connectivity index (χ4n) is 2.21. The van der Waals surface area contributed by atoms with Gasteiger partial charge in [-0.2, -0.15) is 0 Å². The van der Waals surface area contributed by atoms with E-state index in [1.807, 2.05) is 0 Å². The molecule has 2 amide bonds. The summed E-state index contributed by atoms with van der Waals surface area (Å²) in [6.45, 7) is 1.31. The van der Waals surface area contributed by atoms with E-state index in [9.17, 15) is 9.59 Å². The Morgan fingerprint density at radius 3 is 2.81 bits per heavy atom. The van der Waals surface area contributed by atoms with E-state index in [1.54, 1.807) is 12.0 Å². The van der Waals surface area contributed by atoms with Crippen molar-refractivity contribution in [1.82, 2.24) is 25.2 Å². The summed E-state index contributed by atoms with van der Waals surface area (Å²) in [4.78, 5) is 24.2. The van der Waals surface area contributed by atoms with Gasteiger partial charge in [-0.1, -0.05) is 5.21 Å². The largest absolute Gasteiger partial charge is 0.480 e. The highest BCUT2D eigenvalue weighted by atomic mass is 16.5. The van der Waals surface area contributed by atoms with E-state index in [4.69, 9.17) is 9.84 Å². The van der Waals surface area contributed by atoms with Crippen molar-refractivity contribution >= 4 is 12.0 Å². The van der Waals surface area contributed by atoms with Crippen LogP contribution in [-0.2, 0) is 22.6 Å². The molecule has 9 heteroatoms. The SMILES string of the molecule is COC1CCN(C(=O)NCc2cn(CC(=O)O)nn2)CC1. The molecular weight excluding hydrogens is 278 g/mol. The Morgan fingerprint density at radius 1 is 1.48 bits per heavy atom. The highest BCUT2D eigenvalue weighted by Gasteiger charge is 2.22. The molecule has 0 aliphatic carbocycles. The maximum atomic E-state index is 12.0. The van der Waals surface area contributed by atoms with Crippen molar-refractivity contribution in [1.29, 1.82) is 0 Å². The number of carboxylic acids is 1. The van der Waals surface area contributed by atoms with Gasteiger partial charge in [0.25, 0.3) is 0 Å². The van der Waals surface area contributed by atoms with E-state index in [0.29, 0.717) is 18.8 Å². The first-order valence-electron chi connectivity index (χ1n) is 6.75. The van der Waals surface area contributed by atoms with Crippen LogP contribution in [0.4, 0.5) is 4.79 Å². The molecule has 1 fully saturated rings. The summed E-state index contributed by atoms with van der Waals surface area (Å²) in [5, 5.41) is 18.9. The van der Waals surface area contributed by atoms with Gasteiger partial charge in [-0.05, 0) is 12.8 Å². The minimum absolute atomic E-state index is 0.155. The number of hydrogen-bond donors (Lipinski definition) is 2. The van der Waals surface area contributed by atoms with E-state index >= 15 is 0 Å². The number of methoxy groups -OCH3 is 1. The van der Waals surface area contributed by atoms with Gasteiger partial charge in [0.15, 0.2) is 0 Å². The molecule has 0 bridgehead atoms. The van der Waals surface area contributed by atoms with Crippen LogP contribution < -0.4 is 5.32 Å². The Morgan fingerprint density at radius 2 is 2.19 bits per heavy atom. The summed E-state index contributed by atoms with van der Waals surface area (Å²) in [7, 11) is 1.68. The number of ether oxygens (including phenoxy) is 1. The van der Waals surface area contributed by atoms with Crippen molar-refractivity contribution in [2.75, 3.05) is 20.2 Å². The normalized spacial score (nSPS) is 16.0. The van der Waals surface area contributed by atoms with Gasteiger partial charge in [0.05, 0.1) is 18.8 Å². The quantitative estimate of drug-likeness (QED) is 0.771. The van der Waals surface area contributed by atoms with Crippen molar-refractivity contribution in [3.05, 3.63) is 11.9 Å². The first-order chi connectivity index (χ1) is 10.1. The molecule has 116 valence electrons. The average molecular weight is 297 g/mol. The van der Waals surface area contributed by atoms with E-state index in [1.165, 1.54) is 10.9 Å². The van der Waals surface area contributed by atoms with Crippen LogP contribution in [0.1, 0.15) is 18.5 Å². The third kappa shape index (κ3) is 4.42. The van der Waals surface area contributed by atoms with Crippen molar-refractivity contribution in [3.63, 3.8) is 0 Å². The van der Waals surface area contributed by atoms with E-state index in [-0.39, 0.29) is 25.2 Å². The van der Waals surface area contributed by atoms with Crippen molar-refractivity contribution in [3.8, 4) is 0 Å². The number of amides is 2. The highest BCUT2D eigenvalue weighted by Crippen LogP contribution is 2.12. The standard InChI is InChI=1S/C12H19N5O4/c1-21-10-2-4-16(5-3-10)12(20)13-6-9-7-17(15-14-9)8-11(18)19/h7,10H,2-6,8H2,1H3,(H,13,20)(H,18,19). The Labute approximate surface area is 121 Å². The summed E-state index contributed by atoms with van der Waals surface area (Å²) >= 11 is 0. The highest BCUT2D eigenvalue weighted by molar-refractivity contribution is 5.74. The summed E-state index contributed by atoms with van der Waals surface area (Å²) in [5.74, 6) is -0.989. The lowest BCUT2D eigenvalue weighted by Gasteiger charge is -2.31. The minimum Gasteiger partial charge on any atom is -0.480 e. The van der Waals surface area contributed by atoms with Crippen LogP contribution in [0.5, 0.6) is 0 Å². The smallest absolute Gasteiger partial charge is 0.325 e. The van der Waals surface area contributed by atoms with Crippen LogP contribution in [0.2, 0.25) is 0 Å². The van der Waals surface area contributed by atoms with Crippen molar-refractivity contribution < 1.29 is 19.4 Å². The van der Waals surface area contributed by atoms with Crippen LogP contribution >= 0.6 is 0 Å². The van der Waals surface area contributed by atoms with Crippen LogP contribution in [0.15, 0.2) is 6.20 Å². The predicted molar refractivity (Wildman–Crippen MR) is 71.5 cm³/mol. The van der Waals surface area contributed by atoms with Crippen LogP contribution in [0.25, 0.3) is 0 Å². The van der Waals surface area contributed by atoms with E-state index in [0.717, 1.165) is 12.8 Å². The van der Waals surface area contributed by atoms with Gasteiger partial charge >= 0.3 is 12.0 Å². The molecule has 0 radical (unpaired) electrons. The number of aliphatic carboxylic acids is 1. The second kappa shape index (κ2) is 7.02. The number of carbonyl (C=O) groups is 2. The zero-order valence-corrected chi connectivity index (χ0v) is 11.9. The van der Waals surface area contributed by atoms with Gasteiger partial charge in [0.2, 0.25) is 0 Å². The third-order valence-electron chi connectivity index (χ3n) is 3.37. The number of aromatic nitrogens is 3. The molecule has 1 saturated heterocycles. The molecule has 1 aromatic rings. The van der Waals surface area contributed by atoms with Crippen molar-refractivity contribution in [2.45, 2.75) is 32.0 Å². The molecule has 0 unspecified atom stereocenters. The maximum absolute atomic E-state index is 12.0. The number of hydrogen-bond acceptors (Lipinski definition) is 5. The monoisotopic (exact) mass is 297 g/mol. The second-order valence-electron chi connectivity index (χ2n) is 4.88. The Kier molecular flexibility index (Phi) is 5.09. The second-order valence-corrected chi connectivity index (χ2v) is 4.88. The first-order valence-corrected chi connectivity index (χ1v) is 6.75. The van der Waals surface area contributed by atoms with Gasteiger partial charge in [0, 0.05) is 20.2 Å². The molecule has 0 aromatic carbocycles. The minimum atomic E-state index is -0.989. The zero-order chi connectivity index (χ0) is 15.2. The number of likely N-dealkylation sites (tertiary alicyclic amines) is 1. The molecule has 1 aliphatic heterocycles. The molecule has 2 rings (SSSR count). The lowest BCUT2D eigenvalue weighted by atomic mass is 10.1. The van der Waals surface area contributed by atoms with Gasteiger partial charge in [-0.3, -0.25) is 4.79 Å². The molecule has 0 spiro atoms. The molecular formula is C12H19N5O4. The number of rotatable bonds is 5. The molecule has 0 atom stereocenters. The summed E-state index contributed by atoms with van der Waals surface area (Å²) in [6.07, 6.45) is 3.40. The van der Waals surface area contributed by atoms with Gasteiger partial charge in [-0.25, -0.2) is 9.48 Å². The van der Waals surface area contributed by atoms with Gasteiger partial charge < -0.3 is 20.1 Å². The van der Waals surface area contributed by atoms with Crippen LogP contribution in [0, 0.1) is 0 Å². The number of urea groups is 1. The van der Waals surface area contributed by atoms with Crippen LogP contribution in [-0.4, -0.2) is 63.3 Å². The van der Waals surface area contributed by atoms with Gasteiger partial charge in [0.1, 0.15) is 12.2 Å². The topological polar surface area (TPSA) is 110 Å². The van der Waals surface area contributed by atoms with Crippen LogP contribution in [0.3, 0.4) is 0 Å². The maximum Gasteiger partial charge on any atom is 0.325 e. The molecule has 2 heterocycles. The number of piperidine rings is 1. The lowest BCUT2D eigenvalue weighted by molar-refractivity contribution is -0.137. The predicted octanol–water partition coefficient (Wildman–Crippen LogP) is -0.317. The summed E-state index contributed by atoms with van der Waals surface area (Å²) < 4.78 is 6.47. The fraction of sp³-hybridized carbons (Fsp3) is 0.667. The Bertz CT molecular complexity index is 496. The molecule has 21 heavy (non-hydrogen) atoms. The molecule has 2 N–H and O–H groups in total. The average Bonchev–Trinajstić information content (AvgIpc) is 2.91. The summed E-state index contributed by atoms with van der Waals surface area (Å²) in [6, 6.07) is -0.155. The van der Waals surface area contributed by atoms with Crippen molar-refractivity contribution in [2.24, 2.45) is 0 Å². The number of nitrogens with one attached hydrogen (secondary N) is 1. The molecule has 0 saturated carbocycles. The number of carbonyl (C=O) groups excluding carboxylic acids is 1. The first kappa shape index (κ1) is 15.2. The molecule has 1 aromatic heterocycles. The Hall–Kier alpha value is -2.16. The fourth-order valence-corrected chi connectivity index (χ4v) is 2.21. The zero-order valence-electron chi connectivity index (χ0n) is 11.9. The third-order valence-corrected chi connectivity index (χ3v) is 3.37. The lowest BCUT2D eigenvalue weighted by Crippen LogP contribution is -2.45. The summed E-state index contributed by atoms with van der Waals surface area (Å²) in [5.41, 5.74) is 0.524. The van der Waals surface area contributed by atoms with E-state index < -0.39 is 5.97 Å².